The Kier molecular flexibility index (Phi) is 7.00. The van der Waals surface area contributed by atoms with Gasteiger partial charge in [-0.2, -0.15) is 0 Å². The smallest absolute Gasteiger partial charge is 0.337 e. The Morgan fingerprint density at radius 1 is 1.18 bits per heavy atom. The first-order valence-electron chi connectivity index (χ1n) is 11.4. The lowest BCUT2D eigenvalue weighted by atomic mass is 9.96. The summed E-state index contributed by atoms with van der Waals surface area (Å²) in [6.07, 6.45) is 2.78. The van der Waals surface area contributed by atoms with Crippen LogP contribution < -0.4 is 5.32 Å². The number of para-hydroxylation sites is 1. The third-order valence-electron chi connectivity index (χ3n) is 6.37. The first-order valence-corrected chi connectivity index (χ1v) is 11.8. The van der Waals surface area contributed by atoms with Gasteiger partial charge in [-0.15, -0.1) is 0 Å². The molecule has 0 aliphatic carbocycles. The predicted molar refractivity (Wildman–Crippen MR) is 138 cm³/mol. The average molecular weight is 478 g/mol. The molecule has 2 atom stereocenters. The number of aromatic nitrogens is 2. The second kappa shape index (κ2) is 9.95. The van der Waals surface area contributed by atoms with E-state index in [4.69, 9.17) is 12.2 Å². The standard InChI is InChI=1S/C26H31N5O2S/c1-17-16-20(18(2)31(17)22-12-6-5-10-19(22)25(32)33)24-23(21-11-7-8-13-27-21)28-26(34)30(24)15-9-14-29(3)4/h5-8,10-13,16,23-24H,9,14-15H2,1-4H3,(H,28,34)(H,32,33)/t23-,24+/m1/s1. The van der Waals surface area contributed by atoms with E-state index in [1.165, 1.54) is 0 Å². The quantitative estimate of drug-likeness (QED) is 0.473. The number of carbonyl (C=O) groups is 1. The fourth-order valence-corrected chi connectivity index (χ4v) is 5.18. The van der Waals surface area contributed by atoms with Crippen LogP contribution in [0.4, 0.5) is 0 Å². The molecule has 2 N–H and O–H groups in total. The molecule has 3 heterocycles. The highest BCUT2D eigenvalue weighted by molar-refractivity contribution is 7.80. The molecule has 4 rings (SSSR count). The molecule has 1 aliphatic rings. The zero-order valence-corrected chi connectivity index (χ0v) is 20.8. The van der Waals surface area contributed by atoms with Crippen molar-refractivity contribution in [3.8, 4) is 5.69 Å². The maximum absolute atomic E-state index is 11.9. The van der Waals surface area contributed by atoms with Gasteiger partial charge in [-0.1, -0.05) is 18.2 Å². The zero-order chi connectivity index (χ0) is 24.4. The van der Waals surface area contributed by atoms with Crippen molar-refractivity contribution in [2.45, 2.75) is 32.4 Å². The number of nitrogens with zero attached hydrogens (tertiary/aromatic N) is 4. The van der Waals surface area contributed by atoms with Gasteiger partial charge in [-0.05, 0) is 89.0 Å². The molecule has 0 radical (unpaired) electrons. The summed E-state index contributed by atoms with van der Waals surface area (Å²) in [5, 5.41) is 14.0. The Balaban J connectivity index is 1.81. The second-order valence-corrected chi connectivity index (χ2v) is 9.35. The van der Waals surface area contributed by atoms with Gasteiger partial charge >= 0.3 is 5.97 Å². The van der Waals surface area contributed by atoms with E-state index in [1.807, 2.05) is 41.8 Å². The van der Waals surface area contributed by atoms with Gasteiger partial charge in [-0.3, -0.25) is 4.98 Å². The highest BCUT2D eigenvalue weighted by Gasteiger charge is 2.41. The fraction of sp³-hybridized carbons (Fsp3) is 0.346. The Labute approximate surface area is 206 Å². The number of rotatable bonds is 8. The summed E-state index contributed by atoms with van der Waals surface area (Å²) >= 11 is 5.79. The van der Waals surface area contributed by atoms with Crippen molar-refractivity contribution in [1.29, 1.82) is 0 Å². The Morgan fingerprint density at radius 2 is 1.91 bits per heavy atom. The minimum Gasteiger partial charge on any atom is -0.478 e. The number of carboxylic acids is 1. The molecule has 7 nitrogen and oxygen atoms in total. The fourth-order valence-electron chi connectivity index (χ4n) is 4.85. The van der Waals surface area contributed by atoms with Crippen molar-refractivity contribution in [2.24, 2.45) is 0 Å². The predicted octanol–water partition coefficient (Wildman–Crippen LogP) is 4.11. The molecule has 0 unspecified atom stereocenters. The van der Waals surface area contributed by atoms with Crippen molar-refractivity contribution in [1.82, 2.24) is 24.7 Å². The monoisotopic (exact) mass is 477 g/mol. The maximum Gasteiger partial charge on any atom is 0.337 e. The number of thiocarbonyl (C=S) groups is 1. The van der Waals surface area contributed by atoms with E-state index < -0.39 is 5.97 Å². The van der Waals surface area contributed by atoms with Crippen LogP contribution in [0.5, 0.6) is 0 Å². The number of aromatic carboxylic acids is 1. The molecule has 1 saturated heterocycles. The zero-order valence-electron chi connectivity index (χ0n) is 20.0. The summed E-state index contributed by atoms with van der Waals surface area (Å²) in [6.45, 7) is 5.84. The highest BCUT2D eigenvalue weighted by atomic mass is 32.1. The van der Waals surface area contributed by atoms with Crippen LogP contribution in [0, 0.1) is 13.8 Å². The molecule has 1 aromatic carbocycles. The van der Waals surface area contributed by atoms with Gasteiger partial charge in [0.1, 0.15) is 0 Å². The van der Waals surface area contributed by atoms with Crippen LogP contribution in [0.3, 0.4) is 0 Å². The minimum atomic E-state index is -0.940. The van der Waals surface area contributed by atoms with E-state index in [0.717, 1.165) is 47.3 Å². The van der Waals surface area contributed by atoms with Gasteiger partial charge in [-0.25, -0.2) is 4.79 Å². The molecule has 0 saturated carbocycles. The molecule has 0 bridgehead atoms. The number of nitrogens with one attached hydrogen (secondary N) is 1. The van der Waals surface area contributed by atoms with Crippen LogP contribution in [-0.2, 0) is 0 Å². The highest BCUT2D eigenvalue weighted by Crippen LogP contribution is 2.41. The van der Waals surface area contributed by atoms with Crippen molar-refractivity contribution < 1.29 is 9.90 Å². The summed E-state index contributed by atoms with van der Waals surface area (Å²) in [5.74, 6) is -0.940. The Bertz CT molecular complexity index is 1190. The second-order valence-electron chi connectivity index (χ2n) is 8.96. The topological polar surface area (TPSA) is 73.6 Å². The first kappa shape index (κ1) is 23.9. The minimum absolute atomic E-state index is 0.0542. The summed E-state index contributed by atoms with van der Waals surface area (Å²) < 4.78 is 2.04. The van der Waals surface area contributed by atoms with Crippen molar-refractivity contribution in [2.75, 3.05) is 27.2 Å². The molecule has 8 heteroatoms. The molecule has 34 heavy (non-hydrogen) atoms. The lowest BCUT2D eigenvalue weighted by Crippen LogP contribution is -2.32. The number of hydrogen-bond acceptors (Lipinski definition) is 4. The molecular formula is C26H31N5O2S. The van der Waals surface area contributed by atoms with E-state index in [9.17, 15) is 9.90 Å². The molecule has 178 valence electrons. The van der Waals surface area contributed by atoms with Crippen LogP contribution in [0.2, 0.25) is 0 Å². The van der Waals surface area contributed by atoms with Gasteiger partial charge in [0, 0.05) is 24.1 Å². The number of benzene rings is 1. The van der Waals surface area contributed by atoms with Crippen molar-refractivity contribution in [3.63, 3.8) is 0 Å². The summed E-state index contributed by atoms with van der Waals surface area (Å²) in [6, 6.07) is 15.1. The first-order chi connectivity index (χ1) is 16.3. The van der Waals surface area contributed by atoms with Gasteiger partial charge in [0.05, 0.1) is 29.0 Å². The van der Waals surface area contributed by atoms with E-state index in [0.29, 0.717) is 5.69 Å². The molecule has 3 aromatic rings. The van der Waals surface area contributed by atoms with Gasteiger partial charge in [0.15, 0.2) is 5.11 Å². The van der Waals surface area contributed by atoms with Crippen LogP contribution in [-0.4, -0.2) is 62.7 Å². The number of hydrogen-bond donors (Lipinski definition) is 2. The Hall–Kier alpha value is -3.23. The lowest BCUT2D eigenvalue weighted by molar-refractivity contribution is 0.0697. The van der Waals surface area contributed by atoms with Crippen molar-refractivity contribution >= 4 is 23.3 Å². The van der Waals surface area contributed by atoms with E-state index in [1.54, 1.807) is 18.3 Å². The maximum atomic E-state index is 11.9. The summed E-state index contributed by atoms with van der Waals surface area (Å²) in [7, 11) is 4.14. The van der Waals surface area contributed by atoms with Crippen LogP contribution >= 0.6 is 12.2 Å². The van der Waals surface area contributed by atoms with Gasteiger partial charge in [0.2, 0.25) is 0 Å². The van der Waals surface area contributed by atoms with Crippen LogP contribution in [0.1, 0.15) is 51.5 Å². The molecular weight excluding hydrogens is 446 g/mol. The van der Waals surface area contributed by atoms with Gasteiger partial charge < -0.3 is 24.8 Å². The summed E-state index contributed by atoms with van der Waals surface area (Å²) in [5.41, 5.74) is 4.97. The Morgan fingerprint density at radius 3 is 2.59 bits per heavy atom. The summed E-state index contributed by atoms with van der Waals surface area (Å²) in [4.78, 5) is 21.0. The molecule has 2 aromatic heterocycles. The van der Waals surface area contributed by atoms with E-state index >= 15 is 0 Å². The van der Waals surface area contributed by atoms with Crippen molar-refractivity contribution in [3.05, 3.63) is 82.9 Å². The molecule has 0 amide bonds. The third-order valence-corrected chi connectivity index (χ3v) is 6.72. The van der Waals surface area contributed by atoms with E-state index in [2.05, 4.69) is 47.2 Å². The normalized spacial score (nSPS) is 17.9. The largest absolute Gasteiger partial charge is 0.478 e. The van der Waals surface area contributed by atoms with Crippen LogP contribution in [0.15, 0.2) is 54.7 Å². The molecule has 0 spiro atoms. The van der Waals surface area contributed by atoms with Gasteiger partial charge in [0.25, 0.3) is 0 Å². The number of pyridine rings is 1. The van der Waals surface area contributed by atoms with E-state index in [-0.39, 0.29) is 17.6 Å². The number of aryl methyl sites for hydroxylation is 1. The molecule has 1 fully saturated rings. The van der Waals surface area contributed by atoms with Crippen LogP contribution in [0.25, 0.3) is 5.69 Å². The SMILES string of the molecule is Cc1cc([C@H]2[C@@H](c3ccccn3)NC(=S)N2CCCN(C)C)c(C)n1-c1ccccc1C(=O)O. The third kappa shape index (κ3) is 4.56. The lowest BCUT2D eigenvalue weighted by Gasteiger charge is -2.28. The molecule has 1 aliphatic heterocycles. The number of carboxylic acid groups (broad SMARTS) is 1. The average Bonchev–Trinajstić information content (AvgIpc) is 3.29.